The standard InChI is InChI=1S/C34H39ClN8O4/c1-33(2,3)47-32(45)36-19-23-6-8-24(9-7-23)30-28-29(39-40(30)4)31(44)42(22-37-28)21-34(46)12-16-41(17-13-34)20-25-10-11-26(18-27(25)35)43-15-5-14-38-43/h5-11,14-15,18,22,46H,12-13,16-17,19-21H2,1-4H3,(H,36,45). The Balaban J connectivity index is 1.10. The predicted molar refractivity (Wildman–Crippen MR) is 179 cm³/mol. The molecule has 0 saturated carbocycles. The van der Waals surface area contributed by atoms with Gasteiger partial charge in [0.05, 0.1) is 29.9 Å². The largest absolute Gasteiger partial charge is 0.444 e. The van der Waals surface area contributed by atoms with Gasteiger partial charge in [-0.05, 0) is 62.9 Å². The van der Waals surface area contributed by atoms with Gasteiger partial charge in [-0.15, -0.1) is 0 Å². The summed E-state index contributed by atoms with van der Waals surface area (Å²) in [6.45, 7) is 7.89. The zero-order valence-corrected chi connectivity index (χ0v) is 27.7. The average Bonchev–Trinajstić information content (AvgIpc) is 3.68. The molecule has 0 radical (unpaired) electrons. The van der Waals surface area contributed by atoms with Crippen LogP contribution >= 0.6 is 11.6 Å². The van der Waals surface area contributed by atoms with Gasteiger partial charge >= 0.3 is 6.09 Å². The van der Waals surface area contributed by atoms with E-state index in [-0.39, 0.29) is 17.6 Å². The van der Waals surface area contributed by atoms with Crippen molar-refractivity contribution in [3.8, 4) is 16.9 Å². The number of aliphatic hydroxyl groups is 1. The first-order valence-corrected chi connectivity index (χ1v) is 16.0. The van der Waals surface area contributed by atoms with Gasteiger partial charge in [-0.3, -0.25) is 18.9 Å². The van der Waals surface area contributed by atoms with Gasteiger partial charge in [0.25, 0.3) is 5.56 Å². The van der Waals surface area contributed by atoms with Crippen LogP contribution in [0.15, 0.2) is 72.0 Å². The van der Waals surface area contributed by atoms with Crippen molar-refractivity contribution in [2.24, 2.45) is 7.05 Å². The first kappa shape index (κ1) is 32.4. The monoisotopic (exact) mass is 658 g/mol. The topological polar surface area (TPSA) is 132 Å². The summed E-state index contributed by atoms with van der Waals surface area (Å²) < 4.78 is 10.2. The fourth-order valence-corrected chi connectivity index (χ4v) is 6.11. The highest BCUT2D eigenvalue weighted by Crippen LogP contribution is 2.29. The van der Waals surface area contributed by atoms with Gasteiger partial charge in [0, 0.05) is 56.2 Å². The smallest absolute Gasteiger partial charge is 0.407 e. The molecule has 1 amide bonds. The number of carbonyl (C=O) groups excluding carboxylic acids is 1. The molecule has 47 heavy (non-hydrogen) atoms. The minimum absolute atomic E-state index is 0.132. The molecule has 1 fully saturated rings. The van der Waals surface area contributed by atoms with E-state index in [0.29, 0.717) is 55.3 Å². The number of hydrogen-bond donors (Lipinski definition) is 2. The molecule has 4 heterocycles. The molecule has 1 aliphatic rings. The number of hydrogen-bond acceptors (Lipinski definition) is 8. The molecule has 246 valence electrons. The number of halogens is 1. The van der Waals surface area contributed by atoms with Gasteiger partial charge in [0.2, 0.25) is 0 Å². The van der Waals surface area contributed by atoms with Crippen molar-refractivity contribution in [1.82, 2.24) is 39.3 Å². The lowest BCUT2D eigenvalue weighted by Gasteiger charge is -2.38. The maximum atomic E-state index is 13.6. The molecule has 0 unspecified atom stereocenters. The predicted octanol–water partition coefficient (Wildman–Crippen LogP) is 4.69. The van der Waals surface area contributed by atoms with Crippen molar-refractivity contribution in [1.29, 1.82) is 0 Å². The molecular weight excluding hydrogens is 620 g/mol. The molecular formula is C34H39ClN8O4. The van der Waals surface area contributed by atoms with E-state index in [1.54, 1.807) is 22.6 Å². The van der Waals surface area contributed by atoms with E-state index in [4.69, 9.17) is 16.3 Å². The number of carbonyl (C=O) groups is 1. The Kier molecular flexibility index (Phi) is 8.93. The van der Waals surface area contributed by atoms with Crippen molar-refractivity contribution in [2.45, 2.75) is 64.4 Å². The fraction of sp³-hybridized carbons (Fsp3) is 0.382. The van der Waals surface area contributed by atoms with Crippen LogP contribution in [0.1, 0.15) is 44.7 Å². The Morgan fingerprint density at radius 2 is 1.85 bits per heavy atom. The minimum atomic E-state index is -1.05. The molecule has 0 atom stereocenters. The Morgan fingerprint density at radius 3 is 2.51 bits per heavy atom. The zero-order chi connectivity index (χ0) is 33.3. The normalized spacial score (nSPS) is 15.2. The Morgan fingerprint density at radius 1 is 1.11 bits per heavy atom. The molecule has 0 aliphatic carbocycles. The number of aryl methyl sites for hydroxylation is 1. The van der Waals surface area contributed by atoms with Crippen LogP contribution in [0.3, 0.4) is 0 Å². The summed E-state index contributed by atoms with van der Waals surface area (Å²) in [6, 6.07) is 15.4. The van der Waals surface area contributed by atoms with Crippen molar-refractivity contribution in [3.63, 3.8) is 0 Å². The van der Waals surface area contributed by atoms with Crippen LogP contribution < -0.4 is 10.9 Å². The number of nitrogens with one attached hydrogen (secondary N) is 1. The molecule has 1 aliphatic heterocycles. The van der Waals surface area contributed by atoms with E-state index in [0.717, 1.165) is 22.4 Å². The molecule has 13 heteroatoms. The second-order valence-corrected chi connectivity index (χ2v) is 13.5. The highest BCUT2D eigenvalue weighted by molar-refractivity contribution is 6.31. The van der Waals surface area contributed by atoms with Crippen LogP contribution in [-0.2, 0) is 31.4 Å². The SMILES string of the molecule is Cn1nc2c(=O)n(CC3(O)CCN(Cc4ccc(-n5cccn5)cc4Cl)CC3)cnc2c1-c1ccc(CNC(=O)OC(C)(C)C)cc1. The highest BCUT2D eigenvalue weighted by atomic mass is 35.5. The van der Waals surface area contributed by atoms with Crippen molar-refractivity contribution < 1.29 is 14.6 Å². The van der Waals surface area contributed by atoms with Crippen LogP contribution in [0.5, 0.6) is 0 Å². The van der Waals surface area contributed by atoms with Crippen molar-refractivity contribution in [3.05, 3.63) is 93.8 Å². The first-order chi connectivity index (χ1) is 22.4. The number of benzene rings is 2. The minimum Gasteiger partial charge on any atom is -0.444 e. The van der Waals surface area contributed by atoms with Gasteiger partial charge in [-0.25, -0.2) is 14.5 Å². The lowest BCUT2D eigenvalue weighted by atomic mass is 9.91. The lowest BCUT2D eigenvalue weighted by molar-refractivity contribution is -0.0364. The van der Waals surface area contributed by atoms with Crippen LogP contribution in [0.25, 0.3) is 28.0 Å². The highest BCUT2D eigenvalue weighted by Gasteiger charge is 2.33. The number of fused-ring (bicyclic) bond motifs is 1. The van der Waals surface area contributed by atoms with E-state index >= 15 is 0 Å². The maximum Gasteiger partial charge on any atom is 0.407 e. The van der Waals surface area contributed by atoms with Gasteiger partial charge in [-0.2, -0.15) is 10.2 Å². The third-order valence-electron chi connectivity index (χ3n) is 8.33. The number of nitrogens with zero attached hydrogens (tertiary/aromatic N) is 7. The van der Waals surface area contributed by atoms with Gasteiger partial charge in [0.1, 0.15) is 11.1 Å². The quantitative estimate of drug-likeness (QED) is 0.246. The molecule has 2 aromatic carbocycles. The maximum absolute atomic E-state index is 13.6. The Hall–Kier alpha value is -4.52. The number of likely N-dealkylation sites (tertiary alicyclic amines) is 1. The molecule has 5 aromatic rings. The molecule has 0 spiro atoms. The van der Waals surface area contributed by atoms with E-state index in [1.807, 2.05) is 75.5 Å². The Bertz CT molecular complexity index is 1940. The molecule has 0 bridgehead atoms. The zero-order valence-electron chi connectivity index (χ0n) is 27.0. The van der Waals surface area contributed by atoms with Crippen LogP contribution in [0, 0.1) is 0 Å². The van der Waals surface area contributed by atoms with E-state index < -0.39 is 17.3 Å². The van der Waals surface area contributed by atoms with Crippen molar-refractivity contribution in [2.75, 3.05) is 13.1 Å². The molecule has 1 saturated heterocycles. The van der Waals surface area contributed by atoms with E-state index in [9.17, 15) is 14.7 Å². The van der Waals surface area contributed by atoms with Gasteiger partial charge in [-0.1, -0.05) is 41.9 Å². The third-order valence-corrected chi connectivity index (χ3v) is 8.68. The second kappa shape index (κ2) is 12.9. The molecule has 6 rings (SSSR count). The number of amides is 1. The van der Waals surface area contributed by atoms with Gasteiger partial charge < -0.3 is 15.2 Å². The van der Waals surface area contributed by atoms with Gasteiger partial charge in [0.15, 0.2) is 5.52 Å². The first-order valence-electron chi connectivity index (χ1n) is 15.6. The molecule has 3 aromatic heterocycles. The number of rotatable bonds is 8. The fourth-order valence-electron chi connectivity index (χ4n) is 5.87. The van der Waals surface area contributed by atoms with Crippen LogP contribution in [-0.4, -0.2) is 69.5 Å². The Labute approximate surface area is 277 Å². The van der Waals surface area contributed by atoms with Crippen LogP contribution in [0.2, 0.25) is 5.02 Å². The molecule has 2 N–H and O–H groups in total. The van der Waals surface area contributed by atoms with E-state index in [2.05, 4.69) is 25.4 Å². The summed E-state index contributed by atoms with van der Waals surface area (Å²) in [4.78, 5) is 32.4. The van der Waals surface area contributed by atoms with E-state index in [1.165, 1.54) is 10.9 Å². The number of alkyl carbamates (subject to hydrolysis) is 1. The van der Waals surface area contributed by atoms with Crippen molar-refractivity contribution >= 4 is 28.7 Å². The summed E-state index contributed by atoms with van der Waals surface area (Å²) >= 11 is 6.61. The summed E-state index contributed by atoms with van der Waals surface area (Å²) in [6.07, 6.45) is 5.63. The summed E-state index contributed by atoms with van der Waals surface area (Å²) in [5.41, 5.74) is 3.17. The average molecular weight is 659 g/mol. The lowest BCUT2D eigenvalue weighted by Crippen LogP contribution is -2.47. The molecule has 12 nitrogen and oxygen atoms in total. The number of ether oxygens (including phenoxy) is 1. The number of piperidine rings is 1. The second-order valence-electron chi connectivity index (χ2n) is 13.1. The summed E-state index contributed by atoms with van der Waals surface area (Å²) in [5.74, 6) is 0. The number of aromatic nitrogens is 6. The third kappa shape index (κ3) is 7.40. The summed E-state index contributed by atoms with van der Waals surface area (Å²) in [5, 5.41) is 23.7. The summed E-state index contributed by atoms with van der Waals surface area (Å²) in [7, 11) is 1.78. The van der Waals surface area contributed by atoms with Crippen LogP contribution in [0.4, 0.5) is 4.79 Å².